The van der Waals surface area contributed by atoms with Gasteiger partial charge in [-0.3, -0.25) is 10.00 Å². The van der Waals surface area contributed by atoms with Crippen LogP contribution in [-0.2, 0) is 6.54 Å². The predicted octanol–water partition coefficient (Wildman–Crippen LogP) is 4.08. The van der Waals surface area contributed by atoms with Gasteiger partial charge in [0.05, 0.1) is 30.4 Å². The highest BCUT2D eigenvalue weighted by Crippen LogP contribution is 2.37. The average molecular weight is 551 g/mol. The minimum absolute atomic E-state index is 0.0604. The van der Waals surface area contributed by atoms with E-state index in [0.29, 0.717) is 34.7 Å². The first-order valence-electron chi connectivity index (χ1n) is 12.9. The number of nitrogens with one attached hydrogen (secondary N) is 1. The number of hydrogen-bond acceptors (Lipinski definition) is 8. The minimum Gasteiger partial charge on any atom is -0.482 e. The Labute approximate surface area is 226 Å². The first-order valence-corrected chi connectivity index (χ1v) is 12.9. The molecular weight excluding hydrogens is 525 g/mol. The van der Waals surface area contributed by atoms with Gasteiger partial charge in [-0.2, -0.15) is 18.3 Å². The van der Waals surface area contributed by atoms with Crippen LogP contribution in [0.4, 0.5) is 19.0 Å². The average Bonchev–Trinajstić information content (AvgIpc) is 3.56. The second-order valence-corrected chi connectivity index (χ2v) is 10.2. The number of anilines is 1. The van der Waals surface area contributed by atoms with Crippen LogP contribution in [0.5, 0.6) is 11.6 Å². The first kappa shape index (κ1) is 24.6. The van der Waals surface area contributed by atoms with E-state index in [1.807, 2.05) is 24.4 Å². The quantitative estimate of drug-likeness (QED) is 0.324. The Hall–Kier alpha value is -4.39. The van der Waals surface area contributed by atoms with Gasteiger partial charge in [-0.1, -0.05) is 6.07 Å². The zero-order valence-electron chi connectivity index (χ0n) is 21.5. The molecule has 0 amide bonds. The van der Waals surface area contributed by atoms with Crippen molar-refractivity contribution in [3.63, 3.8) is 0 Å². The Morgan fingerprint density at radius 3 is 2.60 bits per heavy atom. The molecule has 2 bridgehead atoms. The predicted molar refractivity (Wildman–Crippen MR) is 140 cm³/mol. The van der Waals surface area contributed by atoms with Crippen LogP contribution in [0.15, 0.2) is 55.1 Å². The lowest BCUT2D eigenvalue weighted by atomic mass is 9.87. The molecule has 0 aromatic carbocycles. The van der Waals surface area contributed by atoms with Crippen LogP contribution >= 0.6 is 0 Å². The molecule has 5 aromatic heterocycles. The summed E-state index contributed by atoms with van der Waals surface area (Å²) in [6.07, 6.45) is 3.40. The van der Waals surface area contributed by atoms with Crippen molar-refractivity contribution >= 4 is 22.4 Å². The molecule has 5 aromatic rings. The number of piperidine rings is 1. The Balaban J connectivity index is 1.11. The molecule has 3 fully saturated rings. The highest BCUT2D eigenvalue weighted by molar-refractivity contribution is 6.00. The van der Waals surface area contributed by atoms with Gasteiger partial charge in [0, 0.05) is 61.3 Å². The van der Waals surface area contributed by atoms with Crippen LogP contribution in [0.1, 0.15) is 12.0 Å². The van der Waals surface area contributed by atoms with E-state index >= 15 is 0 Å². The van der Waals surface area contributed by atoms with Gasteiger partial charge in [0.15, 0.2) is 12.3 Å². The summed E-state index contributed by atoms with van der Waals surface area (Å²) in [6, 6.07) is 10.3. The second-order valence-electron chi connectivity index (χ2n) is 10.2. The molecule has 0 aliphatic carbocycles. The molecule has 10 nitrogen and oxygen atoms in total. The molecule has 8 rings (SSSR count). The number of ether oxygens (including phenoxy) is 2. The van der Waals surface area contributed by atoms with Crippen molar-refractivity contribution in [3.8, 4) is 22.8 Å². The number of hydrogen-bond donors (Lipinski definition) is 1. The third kappa shape index (κ3) is 4.45. The standard InChI is InChI=1S/C27H25F3N8O2/c1-39-24-5-2-16(8-32-24)11-37-18-6-19(37)13-36(12-18)23-4-3-17(9-31-23)21-7-20(40-15-27(28,29)30)14-38-25(21)22-10-33-34-26(22)35-38/h2-5,7-10,14,18-19H,6,11-13,15H2,1H3,(H,34,35). The Morgan fingerprint density at radius 1 is 1.05 bits per heavy atom. The van der Waals surface area contributed by atoms with Crippen LogP contribution in [0.2, 0.25) is 0 Å². The molecule has 40 heavy (non-hydrogen) atoms. The molecule has 0 spiro atoms. The summed E-state index contributed by atoms with van der Waals surface area (Å²) in [5.74, 6) is 1.54. The maximum absolute atomic E-state index is 12.8. The molecule has 3 aliphatic rings. The number of H-pyrrole nitrogens is 1. The monoisotopic (exact) mass is 550 g/mol. The fourth-order valence-electron chi connectivity index (χ4n) is 5.71. The van der Waals surface area contributed by atoms with Gasteiger partial charge in [0.1, 0.15) is 11.6 Å². The summed E-state index contributed by atoms with van der Waals surface area (Å²) in [5, 5.41) is 12.0. The molecule has 0 radical (unpaired) electrons. The second kappa shape index (κ2) is 9.37. The SMILES string of the molecule is COc1ccc(CN2C3CC2CN(c2ccc(-c4cc(OCC(F)(F)F)cn5nc6[nH]ncc6c45)cn2)C3)cn1. The highest BCUT2D eigenvalue weighted by Gasteiger charge is 2.44. The van der Waals surface area contributed by atoms with Crippen LogP contribution < -0.4 is 14.4 Å². The Morgan fingerprint density at radius 2 is 1.90 bits per heavy atom. The third-order valence-corrected chi connectivity index (χ3v) is 7.60. The molecule has 3 saturated heterocycles. The summed E-state index contributed by atoms with van der Waals surface area (Å²) >= 11 is 0. The van der Waals surface area contributed by atoms with Crippen LogP contribution in [0.25, 0.3) is 27.7 Å². The van der Waals surface area contributed by atoms with E-state index in [1.165, 1.54) is 10.7 Å². The number of methoxy groups -OCH3 is 1. The van der Waals surface area contributed by atoms with Crippen molar-refractivity contribution in [1.29, 1.82) is 0 Å². The lowest BCUT2D eigenvalue weighted by Crippen LogP contribution is -2.68. The lowest BCUT2D eigenvalue weighted by Gasteiger charge is -2.56. The number of fused-ring (bicyclic) bond motifs is 5. The van der Waals surface area contributed by atoms with E-state index in [9.17, 15) is 13.2 Å². The van der Waals surface area contributed by atoms with Gasteiger partial charge < -0.3 is 14.4 Å². The van der Waals surface area contributed by atoms with Gasteiger partial charge in [-0.15, -0.1) is 5.10 Å². The zero-order valence-corrected chi connectivity index (χ0v) is 21.5. The molecule has 2 atom stereocenters. The molecular formula is C27H25F3N8O2. The topological polar surface area (TPSA) is 96.7 Å². The smallest absolute Gasteiger partial charge is 0.422 e. The summed E-state index contributed by atoms with van der Waals surface area (Å²) in [7, 11) is 1.61. The molecule has 2 unspecified atom stereocenters. The van der Waals surface area contributed by atoms with Gasteiger partial charge in [0.2, 0.25) is 5.88 Å². The van der Waals surface area contributed by atoms with Crippen LogP contribution in [0.3, 0.4) is 0 Å². The molecule has 13 heteroatoms. The van der Waals surface area contributed by atoms with Crippen LogP contribution in [0, 0.1) is 0 Å². The van der Waals surface area contributed by atoms with E-state index in [0.717, 1.165) is 48.4 Å². The van der Waals surface area contributed by atoms with Gasteiger partial charge >= 0.3 is 6.18 Å². The molecule has 1 N–H and O–H groups in total. The van der Waals surface area contributed by atoms with E-state index < -0.39 is 12.8 Å². The molecule has 3 aliphatic heterocycles. The first-order chi connectivity index (χ1) is 19.3. The largest absolute Gasteiger partial charge is 0.482 e. The van der Waals surface area contributed by atoms with Gasteiger partial charge in [-0.05, 0) is 30.2 Å². The number of aromatic nitrogens is 6. The number of halogens is 3. The molecule has 206 valence electrons. The normalized spacial score (nSPS) is 19.2. The van der Waals surface area contributed by atoms with Crippen molar-refractivity contribution in [2.75, 3.05) is 31.7 Å². The minimum atomic E-state index is -4.45. The fraction of sp³-hybridized carbons (Fsp3) is 0.333. The lowest BCUT2D eigenvalue weighted by molar-refractivity contribution is -0.153. The van der Waals surface area contributed by atoms with E-state index in [1.54, 1.807) is 25.6 Å². The van der Waals surface area contributed by atoms with E-state index in [-0.39, 0.29) is 5.75 Å². The third-order valence-electron chi connectivity index (χ3n) is 7.60. The van der Waals surface area contributed by atoms with Crippen molar-refractivity contribution in [2.24, 2.45) is 0 Å². The number of pyridine rings is 3. The van der Waals surface area contributed by atoms with E-state index in [4.69, 9.17) is 14.5 Å². The summed E-state index contributed by atoms with van der Waals surface area (Å²) < 4.78 is 50.2. The van der Waals surface area contributed by atoms with Gasteiger partial charge in [0.25, 0.3) is 0 Å². The van der Waals surface area contributed by atoms with Gasteiger partial charge in [-0.25, -0.2) is 14.5 Å². The van der Waals surface area contributed by atoms with Crippen molar-refractivity contribution in [2.45, 2.75) is 31.2 Å². The van der Waals surface area contributed by atoms with Crippen molar-refractivity contribution < 1.29 is 22.6 Å². The van der Waals surface area contributed by atoms with Crippen molar-refractivity contribution in [3.05, 3.63) is 60.7 Å². The van der Waals surface area contributed by atoms with E-state index in [2.05, 4.69) is 36.1 Å². The molecule has 8 heterocycles. The maximum atomic E-state index is 12.8. The molecule has 0 saturated carbocycles. The number of piperazine rings is 1. The van der Waals surface area contributed by atoms with Crippen LogP contribution in [-0.4, -0.2) is 79.7 Å². The maximum Gasteiger partial charge on any atom is 0.422 e. The Bertz CT molecular complexity index is 1650. The summed E-state index contributed by atoms with van der Waals surface area (Å²) in [5.41, 5.74) is 3.79. The number of rotatable bonds is 7. The number of aromatic amines is 1. The Kier molecular flexibility index (Phi) is 5.77. The fourth-order valence-corrected chi connectivity index (χ4v) is 5.71. The summed E-state index contributed by atoms with van der Waals surface area (Å²) in [6.45, 7) is 1.20. The summed E-state index contributed by atoms with van der Waals surface area (Å²) in [4.78, 5) is 13.9. The zero-order chi connectivity index (χ0) is 27.4. The number of nitrogens with zero attached hydrogens (tertiary/aromatic N) is 7. The highest BCUT2D eigenvalue weighted by atomic mass is 19.4. The number of alkyl halides is 3. The van der Waals surface area contributed by atoms with Crippen molar-refractivity contribution in [1.82, 2.24) is 34.7 Å².